The topological polar surface area (TPSA) is 94.6 Å². The normalized spacial score (nSPS) is 12.5. The molecule has 0 saturated heterocycles. The monoisotopic (exact) mass is 480 g/mol. The maximum absolute atomic E-state index is 14.3. The third kappa shape index (κ3) is 6.03. The van der Waals surface area contributed by atoms with E-state index in [4.69, 9.17) is 4.74 Å². The van der Waals surface area contributed by atoms with Crippen molar-refractivity contribution in [2.45, 2.75) is 18.4 Å². The molecule has 35 heavy (non-hydrogen) atoms. The number of pyridine rings is 1. The third-order valence-electron chi connectivity index (χ3n) is 5.73. The van der Waals surface area contributed by atoms with Crippen LogP contribution in [0.3, 0.4) is 0 Å². The van der Waals surface area contributed by atoms with Crippen molar-refractivity contribution in [3.05, 3.63) is 106 Å². The number of halogens is 2. The molecule has 1 heterocycles. The number of aromatic nitrogens is 1. The molecule has 0 aliphatic rings. The van der Waals surface area contributed by atoms with Gasteiger partial charge in [-0.3, -0.25) is 4.79 Å². The molecule has 1 aromatic heterocycles. The van der Waals surface area contributed by atoms with E-state index < -0.39 is 18.6 Å². The molecule has 0 aliphatic carbocycles. The van der Waals surface area contributed by atoms with E-state index in [0.717, 1.165) is 5.56 Å². The lowest BCUT2D eigenvalue weighted by Gasteiger charge is -2.17. The minimum atomic E-state index is -3.08. The lowest BCUT2D eigenvalue weighted by molar-refractivity contribution is -0.0467. The quantitative estimate of drug-likeness (QED) is 0.254. The number of ether oxygens (including phenoxy) is 1. The van der Waals surface area contributed by atoms with Crippen molar-refractivity contribution in [3.63, 3.8) is 0 Å². The number of rotatable bonds is 10. The van der Waals surface area contributed by atoms with E-state index >= 15 is 0 Å². The van der Waals surface area contributed by atoms with Crippen molar-refractivity contribution >= 4 is 10.9 Å². The van der Waals surface area contributed by atoms with Crippen LogP contribution < -0.4 is 15.6 Å². The second kappa shape index (κ2) is 10.7. The van der Waals surface area contributed by atoms with Gasteiger partial charge < -0.3 is 25.3 Å². The van der Waals surface area contributed by atoms with Crippen molar-refractivity contribution in [1.82, 2.24) is 10.3 Å². The van der Waals surface area contributed by atoms with Gasteiger partial charge in [0.25, 0.3) is 0 Å². The number of phenolic OH excluding ortho intramolecular Hbond substituents is 1. The van der Waals surface area contributed by atoms with Crippen LogP contribution in [0, 0.1) is 0 Å². The van der Waals surface area contributed by atoms with Crippen molar-refractivity contribution in [3.8, 4) is 11.5 Å². The highest BCUT2D eigenvalue weighted by molar-refractivity contribution is 5.87. The van der Waals surface area contributed by atoms with E-state index in [1.165, 1.54) is 24.3 Å². The number of phenols is 1. The van der Waals surface area contributed by atoms with Gasteiger partial charge in [-0.1, -0.05) is 48.5 Å². The number of hydrogen-bond donors (Lipinski definition) is 4. The number of hydrogen-bond acceptors (Lipinski definition) is 5. The van der Waals surface area contributed by atoms with E-state index in [-0.39, 0.29) is 28.9 Å². The summed E-state index contributed by atoms with van der Waals surface area (Å²) in [4.78, 5) is 14.1. The second-order valence-corrected chi connectivity index (χ2v) is 8.26. The Morgan fingerprint density at radius 1 is 0.971 bits per heavy atom. The first-order valence-corrected chi connectivity index (χ1v) is 11.2. The number of aromatic amines is 1. The van der Waals surface area contributed by atoms with Crippen LogP contribution in [0.25, 0.3) is 10.9 Å². The average Bonchev–Trinajstić information content (AvgIpc) is 2.87. The molecule has 3 aromatic carbocycles. The smallest absolute Gasteiger partial charge is 0.306 e. The maximum atomic E-state index is 14.3. The zero-order chi connectivity index (χ0) is 24.8. The Balaban J connectivity index is 1.26. The van der Waals surface area contributed by atoms with Gasteiger partial charge in [0.05, 0.1) is 11.6 Å². The summed E-state index contributed by atoms with van der Waals surface area (Å²) in [5.74, 6) is -2.77. The van der Waals surface area contributed by atoms with Crippen LogP contribution in [-0.4, -0.2) is 34.9 Å². The van der Waals surface area contributed by atoms with E-state index in [9.17, 15) is 23.8 Å². The molecule has 0 unspecified atom stereocenters. The van der Waals surface area contributed by atoms with Gasteiger partial charge in [-0.25, -0.2) is 0 Å². The standard InChI is InChI=1S/C27H26F2N2O4/c28-27(29,19-4-2-1-3-5-19)17-35-20-8-6-18(7-9-20)14-15-30-16-24(33)21-10-12-23(32)26-22(21)11-13-25(34)31-26/h1-13,24,30,32-33H,14-17H2,(H,31,34)/t24-/m0/s1. The lowest BCUT2D eigenvalue weighted by atomic mass is 10.0. The largest absolute Gasteiger partial charge is 0.506 e. The number of fused-ring (bicyclic) bond motifs is 1. The van der Waals surface area contributed by atoms with Crippen LogP contribution in [0.1, 0.15) is 22.8 Å². The number of aliphatic hydroxyl groups is 1. The minimum absolute atomic E-state index is 0.0576. The van der Waals surface area contributed by atoms with Gasteiger partial charge in [0, 0.05) is 23.6 Å². The summed E-state index contributed by atoms with van der Waals surface area (Å²) in [6, 6.07) is 20.5. The van der Waals surface area contributed by atoms with Gasteiger partial charge in [0.2, 0.25) is 5.56 Å². The first-order valence-electron chi connectivity index (χ1n) is 11.2. The SMILES string of the molecule is O=c1ccc2c([C@@H](O)CNCCc3ccc(OCC(F)(F)c4ccccc4)cc3)ccc(O)c2[nH]1. The fraction of sp³-hybridized carbons (Fsp3) is 0.222. The fourth-order valence-corrected chi connectivity index (χ4v) is 3.82. The van der Waals surface area contributed by atoms with Crippen LogP contribution in [-0.2, 0) is 12.3 Å². The summed E-state index contributed by atoms with van der Waals surface area (Å²) in [6.07, 6.45) is -0.178. The number of alkyl halides is 2. The molecular formula is C27H26F2N2O4. The Bertz CT molecular complexity index is 1320. The predicted molar refractivity (Wildman–Crippen MR) is 130 cm³/mol. The van der Waals surface area contributed by atoms with Crippen molar-refractivity contribution in [1.29, 1.82) is 0 Å². The summed E-state index contributed by atoms with van der Waals surface area (Å²) in [6.45, 7) is 0.112. The minimum Gasteiger partial charge on any atom is -0.506 e. The molecule has 6 nitrogen and oxygen atoms in total. The highest BCUT2D eigenvalue weighted by Crippen LogP contribution is 2.29. The number of aliphatic hydroxyl groups excluding tert-OH is 1. The van der Waals surface area contributed by atoms with Crippen LogP contribution in [0.15, 0.2) is 83.7 Å². The Morgan fingerprint density at radius 2 is 1.71 bits per heavy atom. The van der Waals surface area contributed by atoms with E-state index in [2.05, 4.69) is 10.3 Å². The van der Waals surface area contributed by atoms with Gasteiger partial charge in [-0.05, 0) is 48.4 Å². The molecule has 0 spiro atoms. The van der Waals surface area contributed by atoms with Crippen LogP contribution >= 0.6 is 0 Å². The predicted octanol–water partition coefficient (Wildman–Crippen LogP) is 4.27. The Hall–Kier alpha value is -3.75. The zero-order valence-corrected chi connectivity index (χ0v) is 18.9. The van der Waals surface area contributed by atoms with Gasteiger partial charge in [0.1, 0.15) is 11.5 Å². The Morgan fingerprint density at radius 3 is 2.46 bits per heavy atom. The molecule has 0 fully saturated rings. The summed E-state index contributed by atoms with van der Waals surface area (Å²) >= 11 is 0. The average molecular weight is 481 g/mol. The van der Waals surface area contributed by atoms with Gasteiger partial charge >= 0.3 is 5.92 Å². The van der Waals surface area contributed by atoms with Gasteiger partial charge in [-0.2, -0.15) is 8.78 Å². The van der Waals surface area contributed by atoms with Crippen molar-refractivity contribution in [2.24, 2.45) is 0 Å². The summed E-state index contributed by atoms with van der Waals surface area (Å²) in [7, 11) is 0. The first-order chi connectivity index (χ1) is 16.8. The number of aromatic hydroxyl groups is 1. The number of nitrogens with one attached hydrogen (secondary N) is 2. The zero-order valence-electron chi connectivity index (χ0n) is 18.9. The highest BCUT2D eigenvalue weighted by atomic mass is 19.3. The highest BCUT2D eigenvalue weighted by Gasteiger charge is 2.32. The molecule has 4 aromatic rings. The molecule has 0 radical (unpaired) electrons. The van der Waals surface area contributed by atoms with Crippen LogP contribution in [0.4, 0.5) is 8.78 Å². The van der Waals surface area contributed by atoms with E-state index in [0.29, 0.717) is 29.7 Å². The summed E-state index contributed by atoms with van der Waals surface area (Å²) in [5.41, 5.74) is 1.45. The molecule has 182 valence electrons. The van der Waals surface area contributed by atoms with Crippen molar-refractivity contribution in [2.75, 3.05) is 19.7 Å². The molecule has 8 heteroatoms. The molecule has 0 bridgehead atoms. The Labute approximate surface area is 200 Å². The van der Waals surface area contributed by atoms with Crippen LogP contribution in [0.2, 0.25) is 0 Å². The third-order valence-corrected chi connectivity index (χ3v) is 5.73. The lowest BCUT2D eigenvalue weighted by Crippen LogP contribution is -2.24. The van der Waals surface area contributed by atoms with Crippen molar-refractivity contribution < 1.29 is 23.7 Å². The maximum Gasteiger partial charge on any atom is 0.306 e. The molecule has 0 saturated carbocycles. The van der Waals surface area contributed by atoms with Crippen LogP contribution in [0.5, 0.6) is 11.5 Å². The Kier molecular flexibility index (Phi) is 7.43. The summed E-state index contributed by atoms with van der Waals surface area (Å²) in [5, 5.41) is 24.3. The molecule has 4 rings (SSSR count). The molecule has 4 N–H and O–H groups in total. The number of H-pyrrole nitrogens is 1. The molecular weight excluding hydrogens is 454 g/mol. The van der Waals surface area contributed by atoms with Gasteiger partial charge in [0.15, 0.2) is 6.61 Å². The number of benzene rings is 3. The van der Waals surface area contributed by atoms with Gasteiger partial charge in [-0.15, -0.1) is 0 Å². The first kappa shape index (κ1) is 24.4. The molecule has 0 amide bonds. The van der Waals surface area contributed by atoms with E-state index in [1.54, 1.807) is 42.5 Å². The summed E-state index contributed by atoms with van der Waals surface area (Å²) < 4.78 is 33.8. The molecule has 1 atom stereocenters. The fourth-order valence-electron chi connectivity index (χ4n) is 3.82. The second-order valence-electron chi connectivity index (χ2n) is 8.26. The molecule has 0 aliphatic heterocycles. The van der Waals surface area contributed by atoms with E-state index in [1.807, 2.05) is 12.1 Å².